The summed E-state index contributed by atoms with van der Waals surface area (Å²) < 4.78 is 68.9. The molecule has 0 saturated heterocycles. The minimum atomic E-state index is -4.81. The van der Waals surface area contributed by atoms with Gasteiger partial charge in [0.05, 0.1) is 11.4 Å². The van der Waals surface area contributed by atoms with Gasteiger partial charge < -0.3 is 10.2 Å². The van der Waals surface area contributed by atoms with Gasteiger partial charge in [0.2, 0.25) is 0 Å². The molecule has 48 heavy (non-hydrogen) atoms. The van der Waals surface area contributed by atoms with E-state index in [2.05, 4.69) is 30.4 Å². The molecule has 0 saturated carbocycles. The summed E-state index contributed by atoms with van der Waals surface area (Å²) >= 11 is 0. The molecule has 0 atom stereocenters. The Hall–Kier alpha value is -5.94. The van der Waals surface area contributed by atoms with Crippen LogP contribution in [0.4, 0.5) is 22.7 Å². The van der Waals surface area contributed by atoms with E-state index in [1.165, 1.54) is 60.9 Å². The lowest BCUT2D eigenvalue weighted by molar-refractivity contribution is 0.480. The van der Waals surface area contributed by atoms with Crippen LogP contribution < -0.4 is 0 Å². The number of benzene rings is 4. The van der Waals surface area contributed by atoms with Crippen molar-refractivity contribution < 1.29 is 36.2 Å². The van der Waals surface area contributed by atoms with Crippen molar-refractivity contribution in [2.24, 2.45) is 20.5 Å². The molecule has 2 heterocycles. The Morgan fingerprint density at radius 3 is 1.35 bits per heavy atom. The maximum Gasteiger partial charge on any atom is 0.295 e. The number of azo groups is 2. The maximum absolute atomic E-state index is 12.3. The molecule has 0 radical (unpaired) electrons. The summed E-state index contributed by atoms with van der Waals surface area (Å²) in [6, 6.07) is 20.8. The molecule has 0 aliphatic carbocycles. The van der Waals surface area contributed by atoms with Gasteiger partial charge in [-0.3, -0.25) is 19.1 Å². The Morgan fingerprint density at radius 2 is 0.958 bits per heavy atom. The van der Waals surface area contributed by atoms with E-state index in [9.17, 15) is 36.2 Å². The van der Waals surface area contributed by atoms with Gasteiger partial charge in [-0.05, 0) is 59.7 Å². The van der Waals surface area contributed by atoms with Crippen LogP contribution in [0.3, 0.4) is 0 Å². The predicted octanol–water partition coefficient (Wildman–Crippen LogP) is 7.69. The van der Waals surface area contributed by atoms with Gasteiger partial charge in [0.1, 0.15) is 32.2 Å². The van der Waals surface area contributed by atoms with E-state index in [-0.39, 0.29) is 45.4 Å². The second kappa shape index (κ2) is 12.7. The molecule has 0 unspecified atom stereocenters. The van der Waals surface area contributed by atoms with E-state index in [1.807, 2.05) is 0 Å². The maximum atomic E-state index is 12.3. The van der Waals surface area contributed by atoms with E-state index >= 15 is 0 Å². The highest BCUT2D eigenvalue weighted by Gasteiger charge is 2.18. The lowest BCUT2D eigenvalue weighted by Gasteiger charge is -2.07. The van der Waals surface area contributed by atoms with Crippen molar-refractivity contribution >= 4 is 76.9 Å². The average Bonchev–Trinajstić information content (AvgIpc) is 3.06. The van der Waals surface area contributed by atoms with E-state index in [1.54, 1.807) is 36.4 Å². The van der Waals surface area contributed by atoms with Crippen molar-refractivity contribution in [1.29, 1.82) is 0 Å². The van der Waals surface area contributed by atoms with Gasteiger partial charge in [0.15, 0.2) is 11.5 Å². The first-order valence-corrected chi connectivity index (χ1v) is 16.6. The third-order valence-electron chi connectivity index (χ3n) is 6.99. The summed E-state index contributed by atoms with van der Waals surface area (Å²) in [7, 11) is -9.62. The summed E-state index contributed by atoms with van der Waals surface area (Å²) in [6.07, 6.45) is 5.44. The molecule has 14 nitrogen and oxygen atoms in total. The number of phenolic OH excluding ortho intramolecular Hbond substituents is 2. The summed E-state index contributed by atoms with van der Waals surface area (Å²) in [5.41, 5.74) is 0.698. The first-order valence-electron chi connectivity index (χ1n) is 13.8. The first kappa shape index (κ1) is 32.0. The van der Waals surface area contributed by atoms with Gasteiger partial charge in [0.25, 0.3) is 20.2 Å². The van der Waals surface area contributed by atoms with Crippen molar-refractivity contribution in [3.63, 3.8) is 0 Å². The van der Waals surface area contributed by atoms with Crippen LogP contribution in [-0.4, -0.2) is 46.1 Å². The van der Waals surface area contributed by atoms with Gasteiger partial charge in [-0.2, -0.15) is 27.1 Å². The van der Waals surface area contributed by atoms with E-state index < -0.39 is 30.0 Å². The Morgan fingerprint density at radius 1 is 0.542 bits per heavy atom. The summed E-state index contributed by atoms with van der Waals surface area (Å²) in [4.78, 5) is 7.09. The molecule has 0 bridgehead atoms. The lowest BCUT2D eigenvalue weighted by Crippen LogP contribution is -2.01. The third kappa shape index (κ3) is 6.76. The van der Waals surface area contributed by atoms with Crippen LogP contribution in [0.2, 0.25) is 0 Å². The fourth-order valence-electron chi connectivity index (χ4n) is 4.69. The average molecular weight is 683 g/mol. The van der Waals surface area contributed by atoms with Crippen LogP contribution in [0.25, 0.3) is 34.0 Å². The van der Waals surface area contributed by atoms with Crippen LogP contribution in [0.1, 0.15) is 11.1 Å². The summed E-state index contributed by atoms with van der Waals surface area (Å²) in [5, 5.41) is 38.3. The zero-order chi connectivity index (χ0) is 34.1. The van der Waals surface area contributed by atoms with Crippen LogP contribution >= 0.6 is 0 Å². The molecule has 0 aliphatic heterocycles. The zero-order valence-corrected chi connectivity index (χ0v) is 25.9. The minimum absolute atomic E-state index is 0.0156. The molecule has 16 heteroatoms. The second-order valence-electron chi connectivity index (χ2n) is 10.1. The molecule has 0 amide bonds. The van der Waals surface area contributed by atoms with Crippen molar-refractivity contribution in [2.45, 2.75) is 9.79 Å². The van der Waals surface area contributed by atoms with Gasteiger partial charge in [-0.1, -0.05) is 48.6 Å². The monoisotopic (exact) mass is 682 g/mol. The second-order valence-corrected chi connectivity index (χ2v) is 12.9. The fraction of sp³-hybridized carbons (Fsp3) is 0. The van der Waals surface area contributed by atoms with Gasteiger partial charge >= 0.3 is 0 Å². The SMILES string of the molecule is O=S(=O)(O)c1cc(N=Nc2ccc3cccnc3c2O)ccc1/C=C/c1ccc(N=Nc2ccc3cccnc3c2O)cc1S(=O)(=O)O. The van der Waals surface area contributed by atoms with Crippen molar-refractivity contribution in [3.05, 3.63) is 108 Å². The standard InChI is InChI=1S/C32H22N6O8S2/c39-31-25(13-9-21-3-1-15-33-29(21)31)37-35-23-11-7-19(27(17-23)47(41,42)43)5-6-20-8-12-24(18-28(20)48(44,45)46)36-38-26-14-10-22-4-2-16-34-30(22)32(26)40/h1-18,39-40H,(H,41,42,43)(H,44,45,46)/b6-5+,37-35?,38-36?. The highest BCUT2D eigenvalue weighted by Crippen LogP contribution is 2.36. The Labute approximate surface area is 272 Å². The van der Waals surface area contributed by atoms with Crippen LogP contribution in [0.5, 0.6) is 11.5 Å². The molecule has 0 aliphatic rings. The molecule has 0 spiro atoms. The largest absolute Gasteiger partial charge is 0.504 e. The summed E-state index contributed by atoms with van der Waals surface area (Å²) in [5.74, 6) is -0.449. The molecule has 6 rings (SSSR count). The van der Waals surface area contributed by atoms with E-state index in [0.29, 0.717) is 21.8 Å². The molecule has 240 valence electrons. The number of nitrogens with zero attached hydrogens (tertiary/aromatic N) is 6. The van der Waals surface area contributed by atoms with Crippen molar-refractivity contribution in [2.75, 3.05) is 0 Å². The van der Waals surface area contributed by atoms with Gasteiger partial charge in [0, 0.05) is 23.2 Å². The quantitative estimate of drug-likeness (QED) is 0.0695. The highest BCUT2D eigenvalue weighted by atomic mass is 32.2. The third-order valence-corrected chi connectivity index (χ3v) is 8.81. The van der Waals surface area contributed by atoms with Gasteiger partial charge in [-0.25, -0.2) is 0 Å². The number of hydrogen-bond acceptors (Lipinski definition) is 12. The minimum Gasteiger partial charge on any atom is -0.504 e. The van der Waals surface area contributed by atoms with E-state index in [4.69, 9.17) is 0 Å². The van der Waals surface area contributed by atoms with E-state index in [0.717, 1.165) is 12.1 Å². The number of rotatable bonds is 8. The number of aromatic nitrogens is 2. The molecular formula is C32H22N6O8S2. The van der Waals surface area contributed by atoms with Crippen LogP contribution in [0, 0.1) is 0 Å². The van der Waals surface area contributed by atoms with Crippen LogP contribution in [0.15, 0.2) is 128 Å². The Bertz CT molecular complexity index is 2380. The highest BCUT2D eigenvalue weighted by molar-refractivity contribution is 7.86. The lowest BCUT2D eigenvalue weighted by atomic mass is 10.1. The Kier molecular flexibility index (Phi) is 8.46. The number of pyridine rings is 2. The fourth-order valence-corrected chi connectivity index (χ4v) is 6.10. The van der Waals surface area contributed by atoms with Crippen molar-refractivity contribution in [1.82, 2.24) is 9.97 Å². The molecule has 4 N–H and O–H groups in total. The smallest absolute Gasteiger partial charge is 0.295 e. The molecule has 6 aromatic rings. The molecule has 4 aromatic carbocycles. The normalized spacial score (nSPS) is 12.6. The Balaban J connectivity index is 1.30. The number of aromatic hydroxyl groups is 2. The predicted molar refractivity (Wildman–Crippen MR) is 177 cm³/mol. The molecule has 2 aromatic heterocycles. The topological polar surface area (TPSA) is 224 Å². The molecular weight excluding hydrogens is 661 g/mol. The number of hydrogen-bond donors (Lipinski definition) is 4. The van der Waals surface area contributed by atoms with Gasteiger partial charge in [-0.15, -0.1) is 10.2 Å². The van der Waals surface area contributed by atoms with Crippen molar-refractivity contribution in [3.8, 4) is 11.5 Å². The summed E-state index contributed by atoms with van der Waals surface area (Å²) in [6.45, 7) is 0. The first-order chi connectivity index (χ1) is 22.9. The zero-order valence-electron chi connectivity index (χ0n) is 24.3. The molecule has 0 fully saturated rings. The number of fused-ring (bicyclic) bond motifs is 2. The number of phenols is 2. The van der Waals surface area contributed by atoms with Crippen LogP contribution in [-0.2, 0) is 20.2 Å².